The second kappa shape index (κ2) is 9.65. The number of hydrogen-bond donors (Lipinski definition) is 3. The molecule has 0 aromatic rings. The predicted molar refractivity (Wildman–Crippen MR) is 77.3 cm³/mol. The summed E-state index contributed by atoms with van der Waals surface area (Å²) in [6.07, 6.45) is -3.43. The zero-order chi connectivity index (χ0) is 17.3. The van der Waals surface area contributed by atoms with Gasteiger partial charge in [-0.1, -0.05) is 15.9 Å². The zero-order valence-corrected chi connectivity index (χ0v) is 13.8. The molecule has 3 amide bonds. The third kappa shape index (κ3) is 8.20. The first-order valence-corrected chi connectivity index (χ1v) is 7.73. The van der Waals surface area contributed by atoms with E-state index in [4.69, 9.17) is 0 Å². The van der Waals surface area contributed by atoms with E-state index in [1.807, 2.05) is 0 Å². The van der Waals surface area contributed by atoms with Crippen LogP contribution in [0.5, 0.6) is 0 Å². The summed E-state index contributed by atoms with van der Waals surface area (Å²) < 4.78 is 36.2. The van der Waals surface area contributed by atoms with Crippen molar-refractivity contribution in [2.75, 3.05) is 11.9 Å². The average Bonchev–Trinajstić information content (AvgIpc) is 2.41. The molecule has 0 heterocycles. The van der Waals surface area contributed by atoms with Gasteiger partial charge in [0.25, 0.3) is 0 Å². The highest BCUT2D eigenvalue weighted by molar-refractivity contribution is 9.09. The number of alkyl halides is 4. The van der Waals surface area contributed by atoms with Crippen molar-refractivity contribution >= 4 is 33.7 Å². The van der Waals surface area contributed by atoms with Crippen LogP contribution in [0.3, 0.4) is 0 Å². The summed E-state index contributed by atoms with van der Waals surface area (Å²) in [5.74, 6) is -3.53. The van der Waals surface area contributed by atoms with Gasteiger partial charge in [0.1, 0.15) is 12.1 Å². The van der Waals surface area contributed by atoms with E-state index in [2.05, 4.69) is 26.6 Å². The number of carbonyl (C=O) groups is 3. The lowest BCUT2D eigenvalue weighted by atomic mass is 10.2. The van der Waals surface area contributed by atoms with E-state index in [1.54, 1.807) is 0 Å². The molecule has 3 N–H and O–H groups in total. The van der Waals surface area contributed by atoms with E-state index in [-0.39, 0.29) is 0 Å². The summed E-state index contributed by atoms with van der Waals surface area (Å²) in [5, 5.41) is 7.14. The van der Waals surface area contributed by atoms with Crippen molar-refractivity contribution in [3.8, 4) is 0 Å². The van der Waals surface area contributed by atoms with Crippen LogP contribution in [0.4, 0.5) is 13.2 Å². The van der Waals surface area contributed by atoms with E-state index in [1.165, 1.54) is 12.2 Å². The van der Waals surface area contributed by atoms with Crippen LogP contribution in [0.15, 0.2) is 0 Å². The van der Waals surface area contributed by atoms with Crippen LogP contribution in [0, 0.1) is 0 Å². The molecular weight excluding hydrogens is 371 g/mol. The Hall–Kier alpha value is -1.32. The second-order valence-electron chi connectivity index (χ2n) is 4.61. The Morgan fingerprint density at radius 2 is 1.55 bits per heavy atom. The minimum Gasteiger partial charge on any atom is -0.354 e. The van der Waals surface area contributed by atoms with Gasteiger partial charge in [0.15, 0.2) is 0 Å². The average molecular weight is 390 g/mol. The van der Waals surface area contributed by atoms with Gasteiger partial charge in [0.05, 0.1) is 0 Å². The summed E-state index contributed by atoms with van der Waals surface area (Å²) >= 11 is 3.24. The van der Waals surface area contributed by atoms with E-state index >= 15 is 0 Å². The van der Waals surface area contributed by atoms with Crippen LogP contribution in [0.25, 0.3) is 0 Å². The Morgan fingerprint density at radius 3 is 2.05 bits per heavy atom. The van der Waals surface area contributed by atoms with Crippen LogP contribution in [-0.4, -0.2) is 47.9 Å². The summed E-state index contributed by atoms with van der Waals surface area (Å²) in [7, 11) is 0. The Bertz CT molecular complexity index is 405. The van der Waals surface area contributed by atoms with E-state index < -0.39 is 36.0 Å². The van der Waals surface area contributed by atoms with Crippen LogP contribution < -0.4 is 16.0 Å². The molecule has 0 aliphatic heterocycles. The molecule has 0 aromatic heterocycles. The minimum absolute atomic E-state index is 0.436. The molecule has 22 heavy (non-hydrogen) atoms. The summed E-state index contributed by atoms with van der Waals surface area (Å²) in [4.78, 5) is 34.0. The molecule has 0 fully saturated rings. The summed E-state index contributed by atoms with van der Waals surface area (Å²) in [5.41, 5.74) is 0. The highest BCUT2D eigenvalue weighted by Crippen LogP contribution is 2.14. The third-order valence-corrected chi connectivity index (χ3v) is 3.17. The van der Waals surface area contributed by atoms with Crippen molar-refractivity contribution in [3.63, 3.8) is 0 Å². The van der Waals surface area contributed by atoms with Gasteiger partial charge in [-0.25, -0.2) is 0 Å². The van der Waals surface area contributed by atoms with Gasteiger partial charge < -0.3 is 16.0 Å². The predicted octanol–water partition coefficient (Wildman–Crippen LogP) is 0.849. The van der Waals surface area contributed by atoms with Gasteiger partial charge in [-0.2, -0.15) is 13.2 Å². The van der Waals surface area contributed by atoms with Crippen LogP contribution in [0.2, 0.25) is 0 Å². The quantitative estimate of drug-likeness (QED) is 0.424. The van der Waals surface area contributed by atoms with Gasteiger partial charge in [0.2, 0.25) is 11.8 Å². The van der Waals surface area contributed by atoms with Crippen molar-refractivity contribution in [1.82, 2.24) is 16.0 Å². The molecular formula is C12H19BrF3N3O3. The largest absolute Gasteiger partial charge is 0.471 e. The molecule has 128 valence electrons. The SMILES string of the molecule is C[C@H](NC(=O)[C@H](C)NC(=O)C(F)(F)F)C(=O)NCCCCBr. The van der Waals surface area contributed by atoms with Gasteiger partial charge in [-0.15, -0.1) is 0 Å². The number of rotatable bonds is 8. The Labute approximate surface area is 134 Å². The molecule has 0 bridgehead atoms. The maximum atomic E-state index is 12.1. The number of nitrogens with one attached hydrogen (secondary N) is 3. The first-order valence-electron chi connectivity index (χ1n) is 6.61. The maximum Gasteiger partial charge on any atom is 0.471 e. The Morgan fingerprint density at radius 1 is 1.00 bits per heavy atom. The molecule has 0 unspecified atom stereocenters. The van der Waals surface area contributed by atoms with E-state index in [9.17, 15) is 27.6 Å². The lowest BCUT2D eigenvalue weighted by molar-refractivity contribution is -0.174. The Kier molecular flexibility index (Phi) is 9.07. The highest BCUT2D eigenvalue weighted by Gasteiger charge is 2.40. The van der Waals surface area contributed by atoms with Gasteiger partial charge >= 0.3 is 12.1 Å². The fourth-order valence-electron chi connectivity index (χ4n) is 1.33. The number of unbranched alkanes of at least 4 members (excludes halogenated alkanes) is 1. The molecule has 2 atom stereocenters. The molecule has 0 aliphatic carbocycles. The van der Waals surface area contributed by atoms with Crippen LogP contribution in [-0.2, 0) is 14.4 Å². The Balaban J connectivity index is 4.23. The molecule has 6 nitrogen and oxygen atoms in total. The normalized spacial score (nSPS) is 13.9. The van der Waals surface area contributed by atoms with Gasteiger partial charge in [0, 0.05) is 11.9 Å². The van der Waals surface area contributed by atoms with Gasteiger partial charge in [-0.05, 0) is 26.7 Å². The van der Waals surface area contributed by atoms with Crippen molar-refractivity contribution in [1.29, 1.82) is 0 Å². The molecule has 0 saturated heterocycles. The molecule has 0 spiro atoms. The number of carbonyl (C=O) groups excluding carboxylic acids is 3. The molecule has 0 radical (unpaired) electrons. The number of hydrogen-bond acceptors (Lipinski definition) is 3. The standard InChI is InChI=1S/C12H19BrF3N3O3/c1-7(9(20)17-6-4-3-5-13)18-10(21)8(2)19-11(22)12(14,15)16/h7-8H,3-6H2,1-2H3,(H,17,20)(H,18,21)(H,19,22)/t7-,8-/m0/s1. The van der Waals surface area contributed by atoms with E-state index in [0.29, 0.717) is 6.54 Å². The smallest absolute Gasteiger partial charge is 0.354 e. The lowest BCUT2D eigenvalue weighted by Gasteiger charge is -2.18. The molecule has 0 aliphatic rings. The monoisotopic (exact) mass is 389 g/mol. The van der Waals surface area contributed by atoms with E-state index in [0.717, 1.165) is 25.1 Å². The molecule has 0 aromatic carbocycles. The van der Waals surface area contributed by atoms with Gasteiger partial charge in [-0.3, -0.25) is 14.4 Å². The lowest BCUT2D eigenvalue weighted by Crippen LogP contribution is -2.53. The van der Waals surface area contributed by atoms with Crippen molar-refractivity contribution < 1.29 is 27.6 Å². The first-order chi connectivity index (χ1) is 10.1. The van der Waals surface area contributed by atoms with Crippen LogP contribution in [0.1, 0.15) is 26.7 Å². The summed E-state index contributed by atoms with van der Waals surface area (Å²) in [6, 6.07) is -2.32. The molecule has 0 rings (SSSR count). The maximum absolute atomic E-state index is 12.1. The topological polar surface area (TPSA) is 87.3 Å². The van der Waals surface area contributed by atoms with Crippen molar-refractivity contribution in [3.05, 3.63) is 0 Å². The van der Waals surface area contributed by atoms with Crippen molar-refractivity contribution in [2.45, 2.75) is 44.9 Å². The fraction of sp³-hybridized carbons (Fsp3) is 0.750. The second-order valence-corrected chi connectivity index (χ2v) is 5.40. The molecule has 0 saturated carbocycles. The fourth-order valence-corrected chi connectivity index (χ4v) is 1.73. The zero-order valence-electron chi connectivity index (χ0n) is 12.2. The summed E-state index contributed by atoms with van der Waals surface area (Å²) in [6.45, 7) is 2.93. The minimum atomic E-state index is -5.06. The number of halogens is 4. The molecule has 10 heteroatoms. The van der Waals surface area contributed by atoms with Crippen molar-refractivity contribution in [2.24, 2.45) is 0 Å². The highest BCUT2D eigenvalue weighted by atomic mass is 79.9. The van der Waals surface area contributed by atoms with Crippen LogP contribution >= 0.6 is 15.9 Å². The number of amides is 3. The third-order valence-electron chi connectivity index (χ3n) is 2.61. The first kappa shape index (κ1) is 20.7.